The van der Waals surface area contributed by atoms with Gasteiger partial charge in [0.2, 0.25) is 0 Å². The van der Waals surface area contributed by atoms with Crippen molar-refractivity contribution >= 4 is 95.3 Å². The van der Waals surface area contributed by atoms with Crippen LogP contribution >= 0.6 is 0 Å². The van der Waals surface area contributed by atoms with Crippen molar-refractivity contribution in [3.05, 3.63) is 6.42 Å². The minimum atomic E-state index is -1.33. The van der Waals surface area contributed by atoms with Gasteiger partial charge in [0.25, 0.3) is 0 Å². The van der Waals surface area contributed by atoms with Crippen molar-refractivity contribution in [2.24, 2.45) is 45.0 Å². The van der Waals surface area contributed by atoms with Crippen LogP contribution in [0.5, 0.6) is 0 Å². The maximum atomic E-state index is 12.4. The first kappa shape index (κ1) is 80.9. The molecular weight excluding hydrogens is 1040 g/mol. The molecule has 2 N–H and O–H groups in total. The summed E-state index contributed by atoms with van der Waals surface area (Å²) in [6, 6.07) is 0. The molecule has 72 heavy (non-hydrogen) atoms. The second-order valence-corrected chi connectivity index (χ2v) is 43.3. The molecule has 0 aromatic carbocycles. The van der Waals surface area contributed by atoms with Crippen LogP contribution in [0.3, 0.4) is 0 Å². The number of carbonyl (C=O) groups is 1. The first-order valence-corrected chi connectivity index (χ1v) is 38.4. The zero-order valence-electron chi connectivity index (χ0n) is 49.9. The van der Waals surface area contributed by atoms with Crippen LogP contribution in [-0.2, 0) is 48.4 Å². The van der Waals surface area contributed by atoms with Crippen LogP contribution in [0.1, 0.15) is 200 Å². The normalized spacial score (nSPS) is 19.2. The molecule has 0 aromatic heterocycles. The van der Waals surface area contributed by atoms with E-state index in [-0.39, 0.29) is 60.4 Å². The minimum absolute atomic E-state index is 0. The Hall–Kier alpha value is 0.0700. The molecule has 0 aromatic rings. The van der Waals surface area contributed by atoms with Gasteiger partial charge in [-0.15, -0.1) is 35.8 Å². The number of hydrogen-bond donors (Lipinski definition) is 1. The van der Waals surface area contributed by atoms with E-state index in [1.165, 1.54) is 89.9 Å². The summed E-state index contributed by atoms with van der Waals surface area (Å²) in [5.74, 6) is 10.7. The van der Waals surface area contributed by atoms with E-state index in [9.17, 15) is 21.6 Å². The zero-order valence-corrected chi connectivity index (χ0v) is 57.3. The molecule has 6 atom stereocenters. The van der Waals surface area contributed by atoms with Crippen molar-refractivity contribution in [3.8, 4) is 35.8 Å². The Morgan fingerprint density at radius 1 is 0.597 bits per heavy atom. The molecule has 0 amide bonds. The number of carbonyl (C=O) groups excluding carboxylic acids is 1. The van der Waals surface area contributed by atoms with E-state index in [1.807, 2.05) is 88.8 Å². The topological polar surface area (TPSA) is 124 Å². The monoisotopic (exact) mass is 1140 g/mol. The fraction of sp³-hybridized carbons (Fsp3) is 0.842. The molecule has 4 fully saturated rings. The molecule has 4 aliphatic carbocycles. The summed E-state index contributed by atoms with van der Waals surface area (Å²) in [7, 11) is -6.26. The van der Waals surface area contributed by atoms with E-state index in [1.54, 1.807) is 0 Å². The van der Waals surface area contributed by atoms with Crippen LogP contribution in [0.4, 0.5) is 0 Å². The smallest absolute Gasteiger partial charge is 1.00 e. The molecule has 0 radical (unpaired) electrons. The predicted octanol–water partition coefficient (Wildman–Crippen LogP) is 11.0. The van der Waals surface area contributed by atoms with Crippen LogP contribution in [0, 0.1) is 77.7 Å². The second-order valence-electron chi connectivity index (χ2n) is 25.5. The molecule has 4 saturated carbocycles. The third-order valence-electron chi connectivity index (χ3n) is 11.7. The van der Waals surface area contributed by atoms with E-state index in [4.69, 9.17) is 18.0 Å². The van der Waals surface area contributed by atoms with Crippen LogP contribution in [0.2, 0.25) is 39.3 Å². The Balaban J connectivity index is -0.000000256. The minimum Gasteiger partial charge on any atom is -1.00 e. The van der Waals surface area contributed by atoms with Crippen LogP contribution < -0.4 is 17.5 Å². The Kier molecular flexibility index (Phi) is 46.3. The van der Waals surface area contributed by atoms with Crippen molar-refractivity contribution in [1.29, 1.82) is 0 Å². The number of hydrogen-bond acceptors (Lipinski definition) is 5. The van der Waals surface area contributed by atoms with Crippen molar-refractivity contribution < 1.29 is 34.0 Å². The van der Waals surface area contributed by atoms with Crippen molar-refractivity contribution in [2.75, 3.05) is 11.5 Å². The first-order valence-electron chi connectivity index (χ1n) is 26.4. The first-order chi connectivity index (χ1) is 31.9. The van der Waals surface area contributed by atoms with Crippen LogP contribution in [0.15, 0.2) is 4.40 Å². The standard InChI is InChI=1S/C16H30OSSi.C13H22OS.C10H19NOS.C6H10O.C5H10Si.C4H11NOS.C3H7.ClH.Mg/c1-16(2,3)18(17)13-15(11-12-19(4,5)6)14-9-7-8-10-14;1-5-11(12-8-6-7-9-12)10-15(14)13(2,3)4;1-10(2,3)13(12)11-8-9-6-4-5-7-9;7-5-6-3-1-2-4-6;1-5-6(2,3)4;1-4(2,3)7(5)6;1-3-2;;/h14-15H,7-10,13H2,1-6H3;1,11-12H,6-10H2,2-4H3;8-9H,4-7H2,1-3H3;5-6H,1-4H2;1H,2-4H3;5H2,1-3H3;3H,1-2H3;1H;/q;;;;;;-1;;+2/p-1/t15-,18+;11-,15+;13-;;;7-;;;/m000..0.../s1. The van der Waals surface area contributed by atoms with E-state index in [0.29, 0.717) is 35.3 Å². The quantitative estimate of drug-likeness (QED) is 0.0810. The van der Waals surface area contributed by atoms with E-state index in [0.717, 1.165) is 24.9 Å². The van der Waals surface area contributed by atoms with Gasteiger partial charge in [0.05, 0.1) is 20.5 Å². The molecule has 7 nitrogen and oxygen atoms in total. The Morgan fingerprint density at radius 3 is 1.15 bits per heavy atom. The van der Waals surface area contributed by atoms with E-state index in [2.05, 4.69) is 87.4 Å². The summed E-state index contributed by atoms with van der Waals surface area (Å²) in [5, 5.41) is 5.04. The van der Waals surface area contributed by atoms with E-state index < -0.39 is 59.7 Å². The molecular formula is C57H109ClMgN2O5S4Si2. The molecule has 0 bridgehead atoms. The van der Waals surface area contributed by atoms with Crippen molar-refractivity contribution in [1.82, 2.24) is 0 Å². The number of nitrogens with two attached hydrogens (primary N) is 1. The summed E-state index contributed by atoms with van der Waals surface area (Å²) in [4.78, 5) is 10.0. The molecule has 0 heterocycles. The number of halogens is 1. The van der Waals surface area contributed by atoms with Crippen molar-refractivity contribution in [3.63, 3.8) is 0 Å². The largest absolute Gasteiger partial charge is 2.00 e. The maximum absolute atomic E-state index is 12.4. The van der Waals surface area contributed by atoms with Crippen molar-refractivity contribution in [2.45, 2.75) is 258 Å². The summed E-state index contributed by atoms with van der Waals surface area (Å²) in [6.07, 6.45) is 35.8. The molecule has 0 unspecified atom stereocenters. The number of nitrogens with zero attached hydrogens (tertiary/aromatic N) is 1. The van der Waals surface area contributed by atoms with Gasteiger partial charge in [0.15, 0.2) is 0 Å². The van der Waals surface area contributed by atoms with E-state index >= 15 is 0 Å². The average molecular weight is 1150 g/mol. The molecule has 15 heteroatoms. The Bertz CT molecular complexity index is 1710. The van der Waals surface area contributed by atoms with Gasteiger partial charge in [0.1, 0.15) is 33.4 Å². The predicted molar refractivity (Wildman–Crippen MR) is 328 cm³/mol. The molecule has 4 rings (SSSR count). The third kappa shape index (κ3) is 45.1. The van der Waals surface area contributed by atoms with Gasteiger partial charge in [-0.05, 0) is 152 Å². The molecule has 0 spiro atoms. The SMILES string of the molecule is C#C[C@@H](C[S@@](=O)C(C)(C)C)C1CCCC1.C#C[Si](C)(C)C.CC(C)(C)[S@@](N)=O.CC(C)(C)[S@](=O)C[C@H](C#C[Si](C)(C)C)C1CCCC1.CC(C)(C)[S@](=O)N=CC1CCCC1.C[CH-]C.O=CC1CCCC1.[Cl-].[Mg+2]. The molecule has 4 aliphatic rings. The zero-order chi connectivity index (χ0) is 55.2. The number of aldehydes is 1. The van der Waals surface area contributed by atoms with Gasteiger partial charge in [-0.25, -0.2) is 8.42 Å². The van der Waals surface area contributed by atoms with Gasteiger partial charge < -0.3 is 23.6 Å². The Labute approximate surface area is 482 Å². The van der Waals surface area contributed by atoms with Crippen LogP contribution in [-0.4, -0.2) is 99.0 Å². The fourth-order valence-corrected chi connectivity index (χ4v) is 10.6. The molecule has 418 valence electrons. The van der Waals surface area contributed by atoms with Gasteiger partial charge in [-0.3, -0.25) is 13.6 Å². The van der Waals surface area contributed by atoms with Gasteiger partial charge in [-0.1, -0.05) is 90.6 Å². The summed E-state index contributed by atoms with van der Waals surface area (Å²) in [5.41, 5.74) is 6.25. The maximum Gasteiger partial charge on any atom is 2.00 e. The van der Waals surface area contributed by atoms with Gasteiger partial charge in [-0.2, -0.15) is 18.2 Å². The van der Waals surface area contributed by atoms with Gasteiger partial charge in [0, 0.05) is 66.6 Å². The molecule has 0 saturated heterocycles. The average Bonchev–Trinajstić information content (AvgIpc) is 4.09. The summed E-state index contributed by atoms with van der Waals surface area (Å²) in [6.45, 7) is 40.9. The van der Waals surface area contributed by atoms with Gasteiger partial charge >= 0.3 is 23.1 Å². The second kappa shape index (κ2) is 41.2. The third-order valence-corrected chi connectivity index (χ3v) is 20.1. The fourth-order valence-electron chi connectivity index (χ4n) is 6.97. The van der Waals surface area contributed by atoms with Crippen LogP contribution in [0.25, 0.3) is 0 Å². The number of rotatable bonds is 9. The summed E-state index contributed by atoms with van der Waals surface area (Å²) < 4.78 is 49.7. The number of terminal acetylenes is 2. The Morgan fingerprint density at radius 2 is 0.903 bits per heavy atom. The molecule has 0 aliphatic heterocycles. The summed E-state index contributed by atoms with van der Waals surface area (Å²) >= 11 is 0.